The van der Waals surface area contributed by atoms with Gasteiger partial charge in [-0.3, -0.25) is 19.7 Å². The summed E-state index contributed by atoms with van der Waals surface area (Å²) in [5.41, 5.74) is -1.10. The number of benzene rings is 1. The van der Waals surface area contributed by atoms with Crippen molar-refractivity contribution in [2.75, 3.05) is 11.9 Å². The molecule has 0 saturated heterocycles. The van der Waals surface area contributed by atoms with E-state index in [9.17, 15) is 24.8 Å². The molecule has 1 amide bonds. The van der Waals surface area contributed by atoms with Gasteiger partial charge < -0.3 is 15.2 Å². The number of amides is 1. The zero-order valence-electron chi connectivity index (χ0n) is 14.8. The molecule has 27 heavy (non-hydrogen) atoms. The predicted octanol–water partition coefficient (Wildman–Crippen LogP) is 2.41. The fourth-order valence-electron chi connectivity index (χ4n) is 5.60. The highest BCUT2D eigenvalue weighted by Crippen LogP contribution is 2.61. The van der Waals surface area contributed by atoms with Crippen LogP contribution < -0.4 is 5.32 Å². The zero-order valence-corrected chi connectivity index (χ0v) is 14.8. The van der Waals surface area contributed by atoms with E-state index in [1.165, 1.54) is 24.3 Å². The summed E-state index contributed by atoms with van der Waals surface area (Å²) in [5, 5.41) is 23.9. The summed E-state index contributed by atoms with van der Waals surface area (Å²) < 4.78 is 5.30. The smallest absolute Gasteiger partial charge is 0.312 e. The van der Waals surface area contributed by atoms with Gasteiger partial charge in [-0.25, -0.2) is 0 Å². The zero-order chi connectivity index (χ0) is 19.2. The predicted molar refractivity (Wildman–Crippen MR) is 94.7 cm³/mol. The van der Waals surface area contributed by atoms with Gasteiger partial charge in [-0.05, 0) is 62.5 Å². The lowest BCUT2D eigenvalue weighted by Crippen LogP contribution is -2.58. The maximum atomic E-state index is 12.7. The summed E-state index contributed by atoms with van der Waals surface area (Å²) in [6.07, 6.45) is 4.48. The highest BCUT2D eigenvalue weighted by molar-refractivity contribution is 5.93. The molecule has 0 heterocycles. The van der Waals surface area contributed by atoms with E-state index in [1.807, 2.05) is 0 Å². The number of anilines is 1. The number of hydrogen-bond donors (Lipinski definition) is 2. The first kappa shape index (κ1) is 17.9. The molecule has 4 saturated carbocycles. The first-order chi connectivity index (χ1) is 12.8. The summed E-state index contributed by atoms with van der Waals surface area (Å²) in [4.78, 5) is 34.9. The van der Waals surface area contributed by atoms with Crippen LogP contribution in [-0.2, 0) is 14.3 Å². The number of hydrogen-bond acceptors (Lipinski definition) is 6. The van der Waals surface area contributed by atoms with Gasteiger partial charge >= 0.3 is 5.97 Å². The highest BCUT2D eigenvalue weighted by atomic mass is 16.6. The van der Waals surface area contributed by atoms with Crippen LogP contribution in [-0.4, -0.2) is 34.1 Å². The number of rotatable bonds is 5. The van der Waals surface area contributed by atoms with Gasteiger partial charge in [0.05, 0.1) is 15.9 Å². The average Bonchev–Trinajstić information content (AvgIpc) is 2.58. The van der Waals surface area contributed by atoms with Crippen molar-refractivity contribution in [1.82, 2.24) is 0 Å². The number of nitrogens with one attached hydrogen (secondary N) is 1. The molecule has 4 aliphatic rings. The maximum absolute atomic E-state index is 12.7. The molecule has 5 rings (SSSR count). The molecule has 4 bridgehead atoms. The van der Waals surface area contributed by atoms with Gasteiger partial charge in [0.1, 0.15) is 0 Å². The Morgan fingerprint density at radius 3 is 2.37 bits per heavy atom. The number of nitro groups is 1. The molecule has 0 aromatic heterocycles. The largest absolute Gasteiger partial charge is 0.455 e. The molecule has 4 aliphatic carbocycles. The third-order valence-corrected chi connectivity index (χ3v) is 6.16. The van der Waals surface area contributed by atoms with Crippen LogP contribution in [0.1, 0.15) is 38.5 Å². The molecule has 8 nitrogen and oxygen atoms in total. The Labute approximate surface area is 156 Å². The van der Waals surface area contributed by atoms with Crippen LogP contribution in [0.4, 0.5) is 11.4 Å². The van der Waals surface area contributed by atoms with E-state index < -0.39 is 34.4 Å². The van der Waals surface area contributed by atoms with Crippen molar-refractivity contribution in [2.24, 2.45) is 17.3 Å². The van der Waals surface area contributed by atoms with E-state index in [4.69, 9.17) is 4.74 Å². The van der Waals surface area contributed by atoms with E-state index >= 15 is 0 Å². The van der Waals surface area contributed by atoms with Gasteiger partial charge in [0.15, 0.2) is 6.61 Å². The fourth-order valence-corrected chi connectivity index (χ4v) is 5.60. The normalized spacial score (nSPS) is 33.5. The minimum atomic E-state index is -0.760. The standard InChI is InChI=1S/C19H22N2O6/c22-16(20-14-1-3-15(4-2-14)21(25)26)10-27-17(23)18-6-12-5-13(7-18)9-19(24,8-12)11-18/h1-4,12-13,24H,5-11H2,(H,20,22). The van der Waals surface area contributed by atoms with Gasteiger partial charge in [-0.1, -0.05) is 0 Å². The molecule has 0 spiro atoms. The number of non-ortho nitro benzene ring substituents is 1. The van der Waals surface area contributed by atoms with E-state index in [-0.39, 0.29) is 5.69 Å². The topological polar surface area (TPSA) is 119 Å². The van der Waals surface area contributed by atoms with Crippen LogP contribution in [0.15, 0.2) is 24.3 Å². The van der Waals surface area contributed by atoms with Gasteiger partial charge in [0.25, 0.3) is 11.6 Å². The third-order valence-electron chi connectivity index (χ3n) is 6.16. The summed E-state index contributed by atoms with van der Waals surface area (Å²) >= 11 is 0. The molecule has 8 heteroatoms. The number of nitrogens with zero attached hydrogens (tertiary/aromatic N) is 1. The van der Waals surface area contributed by atoms with Crippen molar-refractivity contribution in [3.63, 3.8) is 0 Å². The lowest BCUT2D eigenvalue weighted by molar-refractivity contribution is -0.384. The minimum Gasteiger partial charge on any atom is -0.455 e. The van der Waals surface area contributed by atoms with E-state index in [1.54, 1.807) is 0 Å². The van der Waals surface area contributed by atoms with Crippen molar-refractivity contribution < 1.29 is 24.4 Å². The quantitative estimate of drug-likeness (QED) is 0.464. The first-order valence-electron chi connectivity index (χ1n) is 9.21. The SMILES string of the molecule is O=C(COC(=O)C12CC3CC(CC(O)(C3)C1)C2)Nc1ccc([N+](=O)[O-])cc1. The summed E-state index contributed by atoms with van der Waals surface area (Å²) in [5.74, 6) is -0.176. The Morgan fingerprint density at radius 2 is 1.81 bits per heavy atom. The lowest BCUT2D eigenvalue weighted by atomic mass is 9.48. The van der Waals surface area contributed by atoms with Crippen LogP contribution in [0, 0.1) is 27.4 Å². The molecule has 1 aromatic carbocycles. The van der Waals surface area contributed by atoms with E-state index in [0.29, 0.717) is 23.9 Å². The molecule has 1 aromatic rings. The molecule has 4 fully saturated rings. The maximum Gasteiger partial charge on any atom is 0.312 e. The Kier molecular flexibility index (Phi) is 4.18. The van der Waals surface area contributed by atoms with Crippen LogP contribution in [0.5, 0.6) is 0 Å². The second-order valence-electron chi connectivity index (χ2n) is 8.39. The van der Waals surface area contributed by atoms with Crippen molar-refractivity contribution in [1.29, 1.82) is 0 Å². The van der Waals surface area contributed by atoms with Gasteiger partial charge in [-0.2, -0.15) is 0 Å². The Bertz CT molecular complexity index is 776. The monoisotopic (exact) mass is 374 g/mol. The summed E-state index contributed by atoms with van der Waals surface area (Å²) in [6, 6.07) is 5.43. The molecule has 2 atom stereocenters. The summed E-state index contributed by atoms with van der Waals surface area (Å²) in [6.45, 7) is -0.411. The molecule has 2 unspecified atom stereocenters. The van der Waals surface area contributed by atoms with E-state index in [2.05, 4.69) is 5.32 Å². The lowest BCUT2D eigenvalue weighted by Gasteiger charge is -2.58. The fraction of sp³-hybridized carbons (Fsp3) is 0.579. The van der Waals surface area contributed by atoms with Crippen LogP contribution in [0.3, 0.4) is 0 Å². The molecule has 0 radical (unpaired) electrons. The van der Waals surface area contributed by atoms with Gasteiger partial charge in [0, 0.05) is 17.8 Å². The Balaban J connectivity index is 1.34. The number of ether oxygens (including phenoxy) is 1. The molecule has 144 valence electrons. The summed E-state index contributed by atoms with van der Waals surface area (Å²) in [7, 11) is 0. The number of carbonyl (C=O) groups excluding carboxylic acids is 2. The average molecular weight is 374 g/mol. The molecular weight excluding hydrogens is 352 g/mol. The van der Waals surface area contributed by atoms with Gasteiger partial charge in [-0.15, -0.1) is 0 Å². The van der Waals surface area contributed by atoms with Crippen molar-refractivity contribution >= 4 is 23.3 Å². The van der Waals surface area contributed by atoms with Crippen molar-refractivity contribution in [2.45, 2.75) is 44.1 Å². The van der Waals surface area contributed by atoms with Crippen LogP contribution >= 0.6 is 0 Å². The molecule has 2 N–H and O–H groups in total. The van der Waals surface area contributed by atoms with E-state index in [0.717, 1.165) is 32.1 Å². The second kappa shape index (κ2) is 6.30. The number of esters is 1. The van der Waals surface area contributed by atoms with Crippen molar-refractivity contribution in [3.8, 4) is 0 Å². The highest BCUT2D eigenvalue weighted by Gasteiger charge is 2.60. The van der Waals surface area contributed by atoms with Crippen LogP contribution in [0.2, 0.25) is 0 Å². The first-order valence-corrected chi connectivity index (χ1v) is 9.21. The van der Waals surface area contributed by atoms with Crippen molar-refractivity contribution in [3.05, 3.63) is 34.4 Å². The Hall–Kier alpha value is -2.48. The number of carbonyl (C=O) groups is 2. The number of nitro benzene ring substituents is 1. The van der Waals surface area contributed by atoms with Crippen LogP contribution in [0.25, 0.3) is 0 Å². The molecule has 0 aliphatic heterocycles. The number of aliphatic hydroxyl groups is 1. The Morgan fingerprint density at radius 1 is 1.19 bits per heavy atom. The molecular formula is C19H22N2O6. The van der Waals surface area contributed by atoms with Gasteiger partial charge in [0.2, 0.25) is 0 Å². The second-order valence-corrected chi connectivity index (χ2v) is 8.39. The third kappa shape index (κ3) is 3.41. The minimum absolute atomic E-state index is 0.0702.